The molecule has 1 aromatic heterocycles. The van der Waals surface area contributed by atoms with E-state index < -0.39 is 11.7 Å². The average molecular weight is 404 g/mol. The van der Waals surface area contributed by atoms with Gasteiger partial charge in [-0.05, 0) is 42.0 Å². The average Bonchev–Trinajstić information content (AvgIpc) is 3.18. The number of nitrogens with one attached hydrogen (secondary N) is 2. The van der Waals surface area contributed by atoms with Crippen LogP contribution in [0.1, 0.15) is 11.1 Å². The molecule has 3 aromatic rings. The molecular weight excluding hydrogens is 389 g/mol. The van der Waals surface area contributed by atoms with E-state index >= 15 is 0 Å². The molecule has 28 heavy (non-hydrogen) atoms. The first-order valence-electron chi connectivity index (χ1n) is 8.07. The van der Waals surface area contributed by atoms with Crippen molar-refractivity contribution in [3.63, 3.8) is 0 Å². The lowest BCUT2D eigenvalue weighted by molar-refractivity contribution is -0.137. The molecule has 0 bridgehead atoms. The molecule has 0 atom stereocenters. The predicted octanol–water partition coefficient (Wildman–Crippen LogP) is 3.38. The Kier molecular flexibility index (Phi) is 5.69. The molecule has 0 unspecified atom stereocenters. The van der Waals surface area contributed by atoms with Crippen molar-refractivity contribution in [2.75, 3.05) is 7.05 Å². The lowest BCUT2D eigenvalue weighted by atomic mass is 10.1. The standard InChI is InChI=1S/C18H15F3N6S/c1-22-17(28)25-24-10-12-2-4-13(5-3-12)16-23-11-27(26-16)15-8-6-14(7-9-15)18(19,20)21/h2-11H,1H3,(H2,22,25,28). The summed E-state index contributed by atoms with van der Waals surface area (Å²) in [7, 11) is 1.69. The zero-order chi connectivity index (χ0) is 20.1. The van der Waals surface area contributed by atoms with Crippen molar-refractivity contribution in [2.24, 2.45) is 5.10 Å². The molecule has 0 saturated carbocycles. The van der Waals surface area contributed by atoms with Gasteiger partial charge in [-0.3, -0.25) is 5.43 Å². The van der Waals surface area contributed by atoms with Gasteiger partial charge in [-0.2, -0.15) is 18.3 Å². The van der Waals surface area contributed by atoms with Crippen molar-refractivity contribution in [1.29, 1.82) is 0 Å². The summed E-state index contributed by atoms with van der Waals surface area (Å²) in [6, 6.07) is 12.0. The molecule has 2 N–H and O–H groups in total. The Morgan fingerprint density at radius 1 is 1.11 bits per heavy atom. The Bertz CT molecular complexity index is 978. The fraction of sp³-hybridized carbons (Fsp3) is 0.111. The lowest BCUT2D eigenvalue weighted by Crippen LogP contribution is -2.28. The largest absolute Gasteiger partial charge is 0.416 e. The summed E-state index contributed by atoms with van der Waals surface area (Å²) in [5.41, 5.74) is 4.04. The number of hydrogen-bond acceptors (Lipinski definition) is 4. The number of rotatable bonds is 4. The Morgan fingerprint density at radius 3 is 2.39 bits per heavy atom. The molecule has 3 rings (SSSR count). The number of aromatic nitrogens is 3. The molecule has 0 radical (unpaired) electrons. The van der Waals surface area contributed by atoms with Crippen molar-refractivity contribution in [3.05, 3.63) is 66.0 Å². The molecule has 2 aromatic carbocycles. The molecule has 0 spiro atoms. The maximum absolute atomic E-state index is 12.7. The van der Waals surface area contributed by atoms with Crippen molar-refractivity contribution in [3.8, 4) is 17.1 Å². The fourth-order valence-electron chi connectivity index (χ4n) is 2.26. The molecule has 1 heterocycles. The second-order valence-electron chi connectivity index (χ2n) is 5.63. The van der Waals surface area contributed by atoms with Gasteiger partial charge < -0.3 is 5.32 Å². The van der Waals surface area contributed by atoms with Crippen molar-refractivity contribution in [2.45, 2.75) is 6.18 Å². The number of nitrogens with zero attached hydrogens (tertiary/aromatic N) is 4. The van der Waals surface area contributed by atoms with E-state index in [9.17, 15) is 13.2 Å². The molecule has 0 fully saturated rings. The third kappa shape index (κ3) is 4.71. The van der Waals surface area contributed by atoms with Crippen LogP contribution in [0.25, 0.3) is 17.1 Å². The summed E-state index contributed by atoms with van der Waals surface area (Å²) in [4.78, 5) is 4.22. The lowest BCUT2D eigenvalue weighted by Gasteiger charge is -2.07. The van der Waals surface area contributed by atoms with Gasteiger partial charge in [-0.25, -0.2) is 9.67 Å². The van der Waals surface area contributed by atoms with Crippen molar-refractivity contribution in [1.82, 2.24) is 25.5 Å². The van der Waals surface area contributed by atoms with Gasteiger partial charge in [0.1, 0.15) is 6.33 Å². The van der Waals surface area contributed by atoms with E-state index in [4.69, 9.17) is 12.2 Å². The Labute approximate surface area is 164 Å². The van der Waals surface area contributed by atoms with Gasteiger partial charge >= 0.3 is 6.18 Å². The highest BCUT2D eigenvalue weighted by Gasteiger charge is 2.30. The van der Waals surface area contributed by atoms with Gasteiger partial charge in [0, 0.05) is 12.6 Å². The first kappa shape index (κ1) is 19.5. The normalized spacial score (nSPS) is 11.6. The van der Waals surface area contributed by atoms with Gasteiger partial charge in [0.25, 0.3) is 0 Å². The Hall–Kier alpha value is -3.27. The van der Waals surface area contributed by atoms with Crippen LogP contribution >= 0.6 is 12.2 Å². The highest BCUT2D eigenvalue weighted by molar-refractivity contribution is 7.80. The van der Waals surface area contributed by atoms with Gasteiger partial charge in [-0.15, -0.1) is 5.10 Å². The summed E-state index contributed by atoms with van der Waals surface area (Å²) < 4.78 is 39.4. The van der Waals surface area contributed by atoms with Crippen LogP contribution in [0, 0.1) is 0 Å². The summed E-state index contributed by atoms with van der Waals surface area (Å²) in [5, 5.41) is 11.5. The topological polar surface area (TPSA) is 67.1 Å². The number of benzene rings is 2. The van der Waals surface area contributed by atoms with Crippen LogP contribution in [0.15, 0.2) is 60.0 Å². The minimum Gasteiger partial charge on any atom is -0.364 e. The van der Waals surface area contributed by atoms with Crippen LogP contribution < -0.4 is 10.7 Å². The molecule has 0 amide bonds. The Morgan fingerprint density at radius 2 is 1.79 bits per heavy atom. The summed E-state index contributed by atoms with van der Waals surface area (Å²) in [5.74, 6) is 0.456. The monoisotopic (exact) mass is 404 g/mol. The van der Waals surface area contributed by atoms with E-state index in [0.717, 1.165) is 23.3 Å². The van der Waals surface area contributed by atoms with Gasteiger partial charge in [-0.1, -0.05) is 24.3 Å². The molecule has 144 valence electrons. The van der Waals surface area contributed by atoms with E-state index in [1.54, 1.807) is 13.3 Å². The predicted molar refractivity (Wildman–Crippen MR) is 104 cm³/mol. The smallest absolute Gasteiger partial charge is 0.364 e. The molecule has 0 aliphatic heterocycles. The minimum atomic E-state index is -4.37. The van der Waals surface area contributed by atoms with Crippen LogP contribution in [0.4, 0.5) is 13.2 Å². The van der Waals surface area contributed by atoms with Crippen LogP contribution in [0.5, 0.6) is 0 Å². The quantitative estimate of drug-likeness (QED) is 0.397. The van der Waals surface area contributed by atoms with E-state index in [2.05, 4.69) is 25.9 Å². The third-order valence-corrected chi connectivity index (χ3v) is 4.02. The van der Waals surface area contributed by atoms with E-state index in [1.165, 1.54) is 23.1 Å². The van der Waals surface area contributed by atoms with Crippen LogP contribution in [-0.2, 0) is 6.18 Å². The fourth-order valence-corrected chi connectivity index (χ4v) is 2.32. The van der Waals surface area contributed by atoms with Gasteiger partial charge in [0.2, 0.25) is 0 Å². The summed E-state index contributed by atoms with van der Waals surface area (Å²) in [6.07, 6.45) is -1.30. The maximum Gasteiger partial charge on any atom is 0.416 e. The number of thiocarbonyl (C=S) groups is 1. The first-order valence-corrected chi connectivity index (χ1v) is 8.48. The first-order chi connectivity index (χ1) is 13.4. The third-order valence-electron chi connectivity index (χ3n) is 3.73. The SMILES string of the molecule is CNC(=S)NN=Cc1ccc(-c2ncn(-c3ccc(C(F)(F)F)cc3)n2)cc1. The highest BCUT2D eigenvalue weighted by atomic mass is 32.1. The number of hydrogen-bond donors (Lipinski definition) is 2. The maximum atomic E-state index is 12.7. The minimum absolute atomic E-state index is 0.408. The zero-order valence-electron chi connectivity index (χ0n) is 14.6. The molecule has 10 heteroatoms. The van der Waals surface area contributed by atoms with Crippen LogP contribution in [-0.4, -0.2) is 33.1 Å². The van der Waals surface area contributed by atoms with Gasteiger partial charge in [0.15, 0.2) is 10.9 Å². The molecule has 6 nitrogen and oxygen atoms in total. The van der Waals surface area contributed by atoms with Crippen molar-refractivity contribution < 1.29 is 13.2 Å². The van der Waals surface area contributed by atoms with Gasteiger partial charge in [0.05, 0.1) is 17.5 Å². The van der Waals surface area contributed by atoms with Crippen LogP contribution in [0.2, 0.25) is 0 Å². The highest BCUT2D eigenvalue weighted by Crippen LogP contribution is 2.29. The number of hydrazone groups is 1. The van der Waals surface area contributed by atoms with Crippen LogP contribution in [0.3, 0.4) is 0 Å². The number of alkyl halides is 3. The summed E-state index contributed by atoms with van der Waals surface area (Å²) in [6.45, 7) is 0. The summed E-state index contributed by atoms with van der Waals surface area (Å²) >= 11 is 4.91. The zero-order valence-corrected chi connectivity index (χ0v) is 15.4. The molecule has 0 aliphatic rings. The van der Waals surface area contributed by atoms with E-state index in [-0.39, 0.29) is 0 Å². The molecule has 0 saturated heterocycles. The molecule has 0 aliphatic carbocycles. The number of halogens is 3. The molecular formula is C18H15F3N6S. The Balaban J connectivity index is 1.72. The second-order valence-corrected chi connectivity index (χ2v) is 6.04. The van der Waals surface area contributed by atoms with E-state index in [1.807, 2.05) is 24.3 Å². The second kappa shape index (κ2) is 8.17. The van der Waals surface area contributed by atoms with E-state index in [0.29, 0.717) is 16.6 Å². The van der Waals surface area contributed by atoms with Crippen molar-refractivity contribution >= 4 is 23.5 Å².